The lowest BCUT2D eigenvalue weighted by molar-refractivity contribution is -0.130. The van der Waals surface area contributed by atoms with Gasteiger partial charge < -0.3 is 10.6 Å². The van der Waals surface area contributed by atoms with Gasteiger partial charge in [0.1, 0.15) is 0 Å². The summed E-state index contributed by atoms with van der Waals surface area (Å²) in [6.07, 6.45) is 0. The molecule has 3 rings (SSSR count). The summed E-state index contributed by atoms with van der Waals surface area (Å²) >= 11 is 0. The van der Waals surface area contributed by atoms with Crippen LogP contribution in [0.25, 0.3) is 0 Å². The van der Waals surface area contributed by atoms with Crippen LogP contribution >= 0.6 is 0 Å². The van der Waals surface area contributed by atoms with Crippen molar-refractivity contribution >= 4 is 11.9 Å². The highest BCUT2D eigenvalue weighted by Gasteiger charge is 2.53. The van der Waals surface area contributed by atoms with Gasteiger partial charge >= 0.3 is 6.03 Å². The number of amides is 3. The smallest absolute Gasteiger partial charge is 0.315 e. The minimum Gasteiger partial charge on any atom is -0.315 e. The molecule has 1 saturated heterocycles. The zero-order chi connectivity index (χ0) is 17.9. The normalized spacial score (nSPS) is 16.4. The van der Waals surface area contributed by atoms with Crippen LogP contribution in [0, 0.1) is 0 Å². The molecule has 0 aromatic heterocycles. The Labute approximate surface area is 148 Å². The average molecular weight is 337 g/mol. The molecule has 1 aliphatic rings. The first-order valence-electron chi connectivity index (χ1n) is 8.54. The minimum atomic E-state index is -1.17. The van der Waals surface area contributed by atoms with Crippen molar-refractivity contribution in [1.29, 1.82) is 0 Å². The second-order valence-electron chi connectivity index (χ2n) is 6.48. The van der Waals surface area contributed by atoms with Gasteiger partial charge in [0, 0.05) is 19.1 Å². The van der Waals surface area contributed by atoms with Crippen LogP contribution in [0.4, 0.5) is 4.79 Å². The van der Waals surface area contributed by atoms with Gasteiger partial charge in [-0.2, -0.15) is 0 Å². The summed E-state index contributed by atoms with van der Waals surface area (Å²) in [6, 6.07) is 18.7. The van der Waals surface area contributed by atoms with Crippen molar-refractivity contribution in [1.82, 2.24) is 15.5 Å². The van der Waals surface area contributed by atoms with Crippen LogP contribution in [0.3, 0.4) is 0 Å². The highest BCUT2D eigenvalue weighted by molar-refractivity contribution is 6.09. The molecular formula is C20H23N3O2. The van der Waals surface area contributed by atoms with E-state index < -0.39 is 5.54 Å². The molecule has 0 radical (unpaired) electrons. The Morgan fingerprint density at radius 3 is 1.96 bits per heavy atom. The second-order valence-corrected chi connectivity index (χ2v) is 6.48. The molecule has 0 spiro atoms. The molecule has 0 atom stereocenters. The van der Waals surface area contributed by atoms with E-state index in [2.05, 4.69) is 10.6 Å². The Bertz CT molecular complexity index is 705. The third-order valence-corrected chi connectivity index (χ3v) is 4.41. The number of carbonyl (C=O) groups is 2. The van der Waals surface area contributed by atoms with Crippen LogP contribution in [-0.2, 0) is 10.3 Å². The lowest BCUT2D eigenvalue weighted by Gasteiger charge is -2.28. The largest absolute Gasteiger partial charge is 0.325 e. The Kier molecular flexibility index (Phi) is 4.86. The van der Waals surface area contributed by atoms with Crippen molar-refractivity contribution in [2.24, 2.45) is 0 Å². The first kappa shape index (κ1) is 17.2. The van der Waals surface area contributed by atoms with Gasteiger partial charge in [0.2, 0.25) is 0 Å². The zero-order valence-corrected chi connectivity index (χ0v) is 14.5. The van der Waals surface area contributed by atoms with Crippen LogP contribution in [0.1, 0.15) is 25.0 Å². The highest BCUT2D eigenvalue weighted by Crippen LogP contribution is 2.35. The number of nitrogens with zero attached hydrogens (tertiary/aromatic N) is 1. The van der Waals surface area contributed by atoms with Gasteiger partial charge in [0.15, 0.2) is 5.54 Å². The van der Waals surface area contributed by atoms with Crippen molar-refractivity contribution in [2.75, 3.05) is 13.1 Å². The first-order chi connectivity index (χ1) is 12.1. The van der Waals surface area contributed by atoms with Gasteiger partial charge in [-0.05, 0) is 11.1 Å². The van der Waals surface area contributed by atoms with E-state index in [4.69, 9.17) is 0 Å². The van der Waals surface area contributed by atoms with Gasteiger partial charge in [0.25, 0.3) is 5.91 Å². The molecule has 1 aliphatic heterocycles. The number of benzene rings is 2. The molecule has 130 valence electrons. The molecule has 5 nitrogen and oxygen atoms in total. The summed E-state index contributed by atoms with van der Waals surface area (Å²) in [5.74, 6) is -0.236. The number of nitrogens with one attached hydrogen (secondary N) is 2. The average Bonchev–Trinajstić information content (AvgIpc) is 2.88. The Morgan fingerprint density at radius 2 is 1.48 bits per heavy atom. The summed E-state index contributed by atoms with van der Waals surface area (Å²) in [7, 11) is 0. The molecule has 0 unspecified atom stereocenters. The van der Waals surface area contributed by atoms with Crippen molar-refractivity contribution in [3.8, 4) is 0 Å². The molecule has 5 heteroatoms. The summed E-state index contributed by atoms with van der Waals surface area (Å²) in [4.78, 5) is 27.2. The van der Waals surface area contributed by atoms with Crippen molar-refractivity contribution in [3.05, 3.63) is 71.8 Å². The molecule has 2 aromatic rings. The topological polar surface area (TPSA) is 61.4 Å². The lowest BCUT2D eigenvalue weighted by atomic mass is 9.82. The summed E-state index contributed by atoms with van der Waals surface area (Å²) in [6.45, 7) is 4.97. The first-order valence-corrected chi connectivity index (χ1v) is 8.54. The van der Waals surface area contributed by atoms with Crippen LogP contribution in [-0.4, -0.2) is 36.0 Å². The van der Waals surface area contributed by atoms with Gasteiger partial charge in [-0.25, -0.2) is 4.79 Å². The molecule has 25 heavy (non-hydrogen) atoms. The quantitative estimate of drug-likeness (QED) is 0.796. The highest BCUT2D eigenvalue weighted by atomic mass is 16.2. The van der Waals surface area contributed by atoms with Crippen LogP contribution in [0.15, 0.2) is 60.7 Å². The van der Waals surface area contributed by atoms with Gasteiger partial charge in [-0.1, -0.05) is 74.5 Å². The van der Waals surface area contributed by atoms with Gasteiger partial charge in [-0.3, -0.25) is 9.69 Å². The summed E-state index contributed by atoms with van der Waals surface area (Å²) < 4.78 is 0. The molecule has 0 saturated carbocycles. The predicted octanol–water partition coefficient (Wildman–Crippen LogP) is 2.48. The number of hydrogen-bond acceptors (Lipinski definition) is 3. The fourth-order valence-corrected chi connectivity index (χ4v) is 3.18. The van der Waals surface area contributed by atoms with Crippen LogP contribution in [0.2, 0.25) is 0 Å². The van der Waals surface area contributed by atoms with Crippen molar-refractivity contribution < 1.29 is 9.59 Å². The Morgan fingerprint density at radius 1 is 0.960 bits per heavy atom. The Balaban J connectivity index is 1.99. The van der Waals surface area contributed by atoms with E-state index in [1.165, 1.54) is 4.90 Å². The number of imide groups is 1. The zero-order valence-electron chi connectivity index (χ0n) is 14.5. The Hall–Kier alpha value is -2.66. The monoisotopic (exact) mass is 337 g/mol. The maximum atomic E-state index is 13.3. The predicted molar refractivity (Wildman–Crippen MR) is 97.0 cm³/mol. The number of urea groups is 1. The van der Waals surface area contributed by atoms with Gasteiger partial charge in [-0.15, -0.1) is 0 Å². The fraction of sp³-hybridized carbons (Fsp3) is 0.300. The molecule has 1 fully saturated rings. The lowest BCUT2D eigenvalue weighted by Crippen LogP contribution is -2.45. The van der Waals surface area contributed by atoms with E-state index in [0.29, 0.717) is 19.1 Å². The SMILES string of the molecule is CC(C)NCCN1C(=O)NC(c2ccccc2)(c2ccccc2)C1=O. The van der Waals surface area contributed by atoms with E-state index >= 15 is 0 Å². The molecule has 1 heterocycles. The summed E-state index contributed by atoms with van der Waals surface area (Å²) in [5.41, 5.74) is 0.356. The van der Waals surface area contributed by atoms with Crippen molar-refractivity contribution in [3.63, 3.8) is 0 Å². The molecule has 3 amide bonds. The number of carbonyl (C=O) groups excluding carboxylic acids is 2. The van der Waals surface area contributed by atoms with E-state index in [9.17, 15) is 9.59 Å². The van der Waals surface area contributed by atoms with E-state index in [1.807, 2.05) is 74.5 Å². The van der Waals surface area contributed by atoms with Crippen LogP contribution < -0.4 is 10.6 Å². The van der Waals surface area contributed by atoms with Crippen LogP contribution in [0.5, 0.6) is 0 Å². The molecule has 0 aliphatic carbocycles. The third-order valence-electron chi connectivity index (χ3n) is 4.41. The van der Waals surface area contributed by atoms with E-state index in [-0.39, 0.29) is 11.9 Å². The molecule has 2 aromatic carbocycles. The molecule has 2 N–H and O–H groups in total. The minimum absolute atomic E-state index is 0.236. The molecule has 0 bridgehead atoms. The summed E-state index contributed by atoms with van der Waals surface area (Å²) in [5, 5.41) is 6.19. The maximum Gasteiger partial charge on any atom is 0.325 e. The van der Waals surface area contributed by atoms with E-state index in [1.54, 1.807) is 0 Å². The number of hydrogen-bond donors (Lipinski definition) is 2. The van der Waals surface area contributed by atoms with Crippen molar-refractivity contribution in [2.45, 2.75) is 25.4 Å². The number of rotatable bonds is 6. The second kappa shape index (κ2) is 7.07. The molecular weight excluding hydrogens is 314 g/mol. The standard InChI is InChI=1S/C20H23N3O2/c1-15(2)21-13-14-23-18(24)20(22-19(23)25,16-9-5-3-6-10-16)17-11-7-4-8-12-17/h3-12,15,21H,13-14H2,1-2H3,(H,22,25). The maximum absolute atomic E-state index is 13.3. The fourth-order valence-electron chi connectivity index (χ4n) is 3.18. The third kappa shape index (κ3) is 3.15. The van der Waals surface area contributed by atoms with Gasteiger partial charge in [0.05, 0.1) is 0 Å². The van der Waals surface area contributed by atoms with E-state index in [0.717, 1.165) is 11.1 Å².